The van der Waals surface area contributed by atoms with Gasteiger partial charge in [0.05, 0.1) is 18.3 Å². The van der Waals surface area contributed by atoms with Crippen LogP contribution in [0.2, 0.25) is 0 Å². The molecule has 3 rings (SSSR count). The van der Waals surface area contributed by atoms with Gasteiger partial charge in [-0.25, -0.2) is 4.79 Å². The number of aliphatic imine (C=N–C) groups is 1. The molecule has 5 heteroatoms. The Balaban J connectivity index is 2.08. The number of nitrogens with zero attached hydrogens (tertiary/aromatic N) is 3. The summed E-state index contributed by atoms with van der Waals surface area (Å²) in [5.41, 5.74) is 1.52. The zero-order chi connectivity index (χ0) is 12.0. The maximum Gasteiger partial charge on any atom is 0.327 e. The van der Waals surface area contributed by atoms with E-state index in [-0.39, 0.29) is 12.1 Å². The number of rotatable bonds is 1. The average Bonchev–Trinajstić information content (AvgIpc) is 2.75. The van der Waals surface area contributed by atoms with Gasteiger partial charge in [0.2, 0.25) is 0 Å². The van der Waals surface area contributed by atoms with E-state index in [0.717, 1.165) is 11.4 Å². The standard InChI is InChI=1S/C12H14N4O/c1-7(2)9-6-16-11(14-9)10-8(15-12(16)17)4-3-5-13-10/h3-5,7,9H,6H2,1-2H3,(H,15,17). The van der Waals surface area contributed by atoms with Gasteiger partial charge in [-0.1, -0.05) is 13.8 Å². The highest BCUT2D eigenvalue weighted by molar-refractivity contribution is 6.18. The quantitative estimate of drug-likeness (QED) is 0.798. The molecule has 1 aromatic rings. The third-order valence-corrected chi connectivity index (χ3v) is 3.19. The molecule has 1 N–H and O–H groups in total. The predicted octanol–water partition coefficient (Wildman–Crippen LogP) is 1.71. The van der Waals surface area contributed by atoms with Gasteiger partial charge in [-0.05, 0) is 18.1 Å². The van der Waals surface area contributed by atoms with Crippen molar-refractivity contribution in [3.05, 3.63) is 24.0 Å². The lowest BCUT2D eigenvalue weighted by atomic mass is 10.1. The number of urea groups is 1. The van der Waals surface area contributed by atoms with Gasteiger partial charge < -0.3 is 5.32 Å². The second kappa shape index (κ2) is 3.55. The van der Waals surface area contributed by atoms with Crippen LogP contribution in [-0.2, 0) is 0 Å². The summed E-state index contributed by atoms with van der Waals surface area (Å²) in [6, 6.07) is 3.73. The lowest BCUT2D eigenvalue weighted by molar-refractivity contribution is 0.232. The minimum absolute atomic E-state index is 0.104. The number of anilines is 1. The van der Waals surface area contributed by atoms with E-state index in [1.165, 1.54) is 0 Å². The molecule has 1 unspecified atom stereocenters. The monoisotopic (exact) mass is 230 g/mol. The maximum atomic E-state index is 11.9. The summed E-state index contributed by atoms with van der Waals surface area (Å²) in [5.74, 6) is 1.14. The summed E-state index contributed by atoms with van der Waals surface area (Å²) in [6.07, 6.45) is 1.72. The molecule has 88 valence electrons. The Hall–Kier alpha value is -1.91. The van der Waals surface area contributed by atoms with Crippen molar-refractivity contribution in [1.82, 2.24) is 9.88 Å². The van der Waals surface area contributed by atoms with E-state index in [4.69, 9.17) is 0 Å². The van der Waals surface area contributed by atoms with Crippen LogP contribution in [0.3, 0.4) is 0 Å². The Kier molecular flexibility index (Phi) is 2.14. The Morgan fingerprint density at radius 3 is 3.12 bits per heavy atom. The van der Waals surface area contributed by atoms with E-state index in [9.17, 15) is 4.79 Å². The van der Waals surface area contributed by atoms with Crippen LogP contribution in [0.4, 0.5) is 10.5 Å². The molecule has 2 aliphatic heterocycles. The summed E-state index contributed by atoms with van der Waals surface area (Å²) >= 11 is 0. The second-order valence-corrected chi connectivity index (χ2v) is 4.70. The molecule has 0 aliphatic carbocycles. The highest BCUT2D eigenvalue weighted by atomic mass is 16.2. The van der Waals surface area contributed by atoms with E-state index in [2.05, 4.69) is 29.1 Å². The molecule has 3 heterocycles. The molecular weight excluding hydrogens is 216 g/mol. The second-order valence-electron chi connectivity index (χ2n) is 4.70. The zero-order valence-corrected chi connectivity index (χ0v) is 9.84. The van der Waals surface area contributed by atoms with E-state index in [1.807, 2.05) is 12.1 Å². The number of carbonyl (C=O) groups is 1. The van der Waals surface area contributed by atoms with Crippen molar-refractivity contribution in [2.75, 3.05) is 11.9 Å². The number of amidine groups is 1. The summed E-state index contributed by atoms with van der Waals surface area (Å²) in [6.45, 7) is 4.88. The fourth-order valence-corrected chi connectivity index (χ4v) is 2.14. The molecule has 2 amide bonds. The fraction of sp³-hybridized carbons (Fsp3) is 0.417. The van der Waals surface area contributed by atoms with Crippen molar-refractivity contribution in [3.8, 4) is 0 Å². The first kappa shape index (κ1) is 10.3. The largest absolute Gasteiger partial charge is 0.327 e. The average molecular weight is 230 g/mol. The fourth-order valence-electron chi connectivity index (χ4n) is 2.14. The van der Waals surface area contributed by atoms with Crippen molar-refractivity contribution in [2.45, 2.75) is 19.9 Å². The molecule has 0 spiro atoms. The van der Waals surface area contributed by atoms with Gasteiger partial charge in [0.1, 0.15) is 5.69 Å². The zero-order valence-electron chi connectivity index (χ0n) is 9.84. The van der Waals surface area contributed by atoms with Gasteiger partial charge in [0, 0.05) is 6.20 Å². The van der Waals surface area contributed by atoms with Crippen LogP contribution in [0.1, 0.15) is 19.5 Å². The molecule has 1 atom stereocenters. The molecule has 0 bridgehead atoms. The first-order chi connectivity index (χ1) is 8.16. The Labute approximate surface area is 99.6 Å². The molecule has 0 aromatic carbocycles. The van der Waals surface area contributed by atoms with E-state index in [1.54, 1.807) is 11.1 Å². The molecule has 17 heavy (non-hydrogen) atoms. The molecular formula is C12H14N4O. The van der Waals surface area contributed by atoms with Crippen molar-refractivity contribution < 1.29 is 4.79 Å². The van der Waals surface area contributed by atoms with Crippen LogP contribution in [0.15, 0.2) is 23.3 Å². The predicted molar refractivity (Wildman–Crippen MR) is 65.1 cm³/mol. The van der Waals surface area contributed by atoms with Gasteiger partial charge in [0.15, 0.2) is 5.84 Å². The molecule has 0 saturated carbocycles. The lowest BCUT2D eigenvalue weighted by Gasteiger charge is -2.25. The normalized spacial score (nSPS) is 22.1. The van der Waals surface area contributed by atoms with E-state index < -0.39 is 0 Å². The third kappa shape index (κ3) is 1.50. The summed E-state index contributed by atoms with van der Waals surface area (Å²) in [7, 11) is 0. The molecule has 0 radical (unpaired) electrons. The first-order valence-corrected chi connectivity index (χ1v) is 5.78. The molecule has 0 saturated heterocycles. The SMILES string of the molecule is CC(C)C1CN2C(=O)Nc3cccnc3C2=N1. The van der Waals surface area contributed by atoms with Gasteiger partial charge in [-0.15, -0.1) is 0 Å². The number of amides is 2. The number of carbonyl (C=O) groups excluding carboxylic acids is 1. The summed E-state index contributed by atoms with van der Waals surface area (Å²) in [5, 5.41) is 2.83. The van der Waals surface area contributed by atoms with Crippen molar-refractivity contribution in [2.24, 2.45) is 10.9 Å². The maximum absolute atomic E-state index is 11.9. The van der Waals surface area contributed by atoms with E-state index >= 15 is 0 Å². The Morgan fingerprint density at radius 1 is 1.53 bits per heavy atom. The van der Waals surface area contributed by atoms with Crippen LogP contribution in [0.5, 0.6) is 0 Å². The number of fused-ring (bicyclic) bond motifs is 3. The highest BCUT2D eigenvalue weighted by Gasteiger charge is 2.37. The van der Waals surface area contributed by atoms with Crippen LogP contribution in [-0.4, -0.2) is 34.3 Å². The van der Waals surface area contributed by atoms with Crippen LogP contribution < -0.4 is 5.32 Å². The van der Waals surface area contributed by atoms with Crippen molar-refractivity contribution in [3.63, 3.8) is 0 Å². The summed E-state index contributed by atoms with van der Waals surface area (Å²) < 4.78 is 0. The van der Waals surface area contributed by atoms with Crippen LogP contribution in [0.25, 0.3) is 0 Å². The number of hydrogen-bond donors (Lipinski definition) is 1. The number of pyridine rings is 1. The van der Waals surface area contributed by atoms with Gasteiger partial charge >= 0.3 is 6.03 Å². The van der Waals surface area contributed by atoms with E-state index in [0.29, 0.717) is 18.3 Å². The van der Waals surface area contributed by atoms with Gasteiger partial charge in [-0.2, -0.15) is 0 Å². The van der Waals surface area contributed by atoms with Crippen molar-refractivity contribution in [1.29, 1.82) is 0 Å². The number of hydrogen-bond acceptors (Lipinski definition) is 3. The minimum Gasteiger partial charge on any atom is -0.305 e. The Morgan fingerprint density at radius 2 is 2.35 bits per heavy atom. The molecule has 1 aromatic heterocycles. The van der Waals surface area contributed by atoms with Gasteiger partial charge in [-0.3, -0.25) is 14.9 Å². The van der Waals surface area contributed by atoms with Crippen LogP contribution >= 0.6 is 0 Å². The smallest absolute Gasteiger partial charge is 0.305 e. The first-order valence-electron chi connectivity index (χ1n) is 5.78. The van der Waals surface area contributed by atoms with Gasteiger partial charge in [0.25, 0.3) is 0 Å². The number of nitrogens with one attached hydrogen (secondary N) is 1. The molecule has 2 aliphatic rings. The third-order valence-electron chi connectivity index (χ3n) is 3.19. The molecule has 5 nitrogen and oxygen atoms in total. The summed E-state index contributed by atoms with van der Waals surface area (Å²) in [4.78, 5) is 22.5. The Bertz CT molecular complexity index is 509. The van der Waals surface area contributed by atoms with Crippen molar-refractivity contribution >= 4 is 17.6 Å². The van der Waals surface area contributed by atoms with Crippen LogP contribution in [0, 0.1) is 5.92 Å². The highest BCUT2D eigenvalue weighted by Crippen LogP contribution is 2.27. The minimum atomic E-state index is -0.104. The number of aromatic nitrogens is 1. The topological polar surface area (TPSA) is 57.6 Å². The molecule has 0 fully saturated rings. The lowest BCUT2D eigenvalue weighted by Crippen LogP contribution is -2.43.